The van der Waals surface area contributed by atoms with Crippen molar-refractivity contribution in [3.63, 3.8) is 0 Å². The van der Waals surface area contributed by atoms with Gasteiger partial charge in [-0.25, -0.2) is 4.79 Å². The van der Waals surface area contributed by atoms with E-state index in [2.05, 4.69) is 5.32 Å². The van der Waals surface area contributed by atoms with E-state index in [1.165, 1.54) is 0 Å². The molecule has 1 atom stereocenters. The zero-order valence-corrected chi connectivity index (χ0v) is 10.1. The molecule has 1 heterocycles. The maximum absolute atomic E-state index is 12.0. The summed E-state index contributed by atoms with van der Waals surface area (Å²) in [5.41, 5.74) is 7.84. The minimum Gasteiger partial charge on any atom is -0.326 e. The molecule has 1 unspecified atom stereocenters. The number of aryl methyl sites for hydroxylation is 1. The Morgan fingerprint density at radius 1 is 1.53 bits per heavy atom. The van der Waals surface area contributed by atoms with E-state index in [0.717, 1.165) is 30.6 Å². The summed E-state index contributed by atoms with van der Waals surface area (Å²) >= 11 is 0. The standard InChI is InChI=1S/C13H19N3O/c1-10-4-2-6-12(8-10)15-13(17)16-7-3-5-11(14)9-16/h2,4,6,8,11H,3,5,7,9,14H2,1H3,(H,15,17). The molecule has 17 heavy (non-hydrogen) atoms. The lowest BCUT2D eigenvalue weighted by molar-refractivity contribution is 0.193. The first-order chi connectivity index (χ1) is 8.15. The maximum Gasteiger partial charge on any atom is 0.321 e. The molecule has 1 aliphatic rings. The molecule has 4 nitrogen and oxygen atoms in total. The molecule has 0 saturated carbocycles. The van der Waals surface area contributed by atoms with Crippen molar-refractivity contribution in [1.29, 1.82) is 0 Å². The van der Waals surface area contributed by atoms with Gasteiger partial charge in [-0.15, -0.1) is 0 Å². The minimum atomic E-state index is -0.0502. The van der Waals surface area contributed by atoms with Crippen LogP contribution in [-0.2, 0) is 0 Å². The Kier molecular flexibility index (Phi) is 3.64. The molecule has 1 aromatic rings. The van der Waals surface area contributed by atoms with Crippen LogP contribution in [0.4, 0.5) is 10.5 Å². The Labute approximate surface area is 102 Å². The summed E-state index contributed by atoms with van der Waals surface area (Å²) < 4.78 is 0. The fourth-order valence-corrected chi connectivity index (χ4v) is 2.12. The van der Waals surface area contributed by atoms with Gasteiger partial charge in [0.05, 0.1) is 0 Å². The van der Waals surface area contributed by atoms with E-state index in [0.29, 0.717) is 6.54 Å². The van der Waals surface area contributed by atoms with Gasteiger partial charge in [-0.05, 0) is 37.5 Å². The summed E-state index contributed by atoms with van der Waals surface area (Å²) in [6.45, 7) is 3.45. The molecule has 3 N–H and O–H groups in total. The van der Waals surface area contributed by atoms with Gasteiger partial charge in [-0.3, -0.25) is 0 Å². The number of nitrogens with zero attached hydrogens (tertiary/aromatic N) is 1. The third-order valence-electron chi connectivity index (χ3n) is 3.01. The molecule has 1 aliphatic heterocycles. The normalized spacial score (nSPS) is 20.1. The van der Waals surface area contributed by atoms with Crippen molar-refractivity contribution in [1.82, 2.24) is 4.90 Å². The molecule has 2 rings (SSSR count). The van der Waals surface area contributed by atoms with Gasteiger partial charge >= 0.3 is 6.03 Å². The Hall–Kier alpha value is -1.55. The van der Waals surface area contributed by atoms with Crippen LogP contribution in [0.25, 0.3) is 0 Å². The van der Waals surface area contributed by atoms with Gasteiger partial charge in [-0.2, -0.15) is 0 Å². The van der Waals surface area contributed by atoms with E-state index in [1.54, 1.807) is 4.90 Å². The monoisotopic (exact) mass is 233 g/mol. The average Bonchev–Trinajstić information content (AvgIpc) is 2.29. The fraction of sp³-hybridized carbons (Fsp3) is 0.462. The lowest BCUT2D eigenvalue weighted by Gasteiger charge is -2.30. The van der Waals surface area contributed by atoms with Crippen LogP contribution in [-0.4, -0.2) is 30.1 Å². The summed E-state index contributed by atoms with van der Waals surface area (Å²) in [5, 5.41) is 2.90. The SMILES string of the molecule is Cc1cccc(NC(=O)N2CCCC(N)C2)c1. The third kappa shape index (κ3) is 3.20. The molecule has 92 valence electrons. The number of rotatable bonds is 1. The Bertz CT molecular complexity index is 405. The van der Waals surface area contributed by atoms with Gasteiger partial charge in [0.15, 0.2) is 0 Å². The first kappa shape index (κ1) is 11.9. The van der Waals surface area contributed by atoms with E-state index in [-0.39, 0.29) is 12.1 Å². The second-order valence-corrected chi connectivity index (χ2v) is 4.65. The number of nitrogens with two attached hydrogens (primary N) is 1. The number of amides is 2. The van der Waals surface area contributed by atoms with E-state index >= 15 is 0 Å². The second-order valence-electron chi connectivity index (χ2n) is 4.65. The van der Waals surface area contributed by atoms with Gasteiger partial charge in [0.1, 0.15) is 0 Å². The Morgan fingerprint density at radius 3 is 3.06 bits per heavy atom. The van der Waals surface area contributed by atoms with Gasteiger partial charge in [0, 0.05) is 24.8 Å². The zero-order chi connectivity index (χ0) is 12.3. The quantitative estimate of drug-likeness (QED) is 0.779. The van der Waals surface area contributed by atoms with Crippen molar-refractivity contribution in [2.45, 2.75) is 25.8 Å². The first-order valence-electron chi connectivity index (χ1n) is 6.03. The van der Waals surface area contributed by atoms with E-state index in [1.807, 2.05) is 31.2 Å². The van der Waals surface area contributed by atoms with E-state index < -0.39 is 0 Å². The summed E-state index contributed by atoms with van der Waals surface area (Å²) in [5.74, 6) is 0. The van der Waals surface area contributed by atoms with Crippen LogP contribution < -0.4 is 11.1 Å². The van der Waals surface area contributed by atoms with Crippen LogP contribution in [0.3, 0.4) is 0 Å². The van der Waals surface area contributed by atoms with Crippen LogP contribution >= 0.6 is 0 Å². The smallest absolute Gasteiger partial charge is 0.321 e. The molecule has 2 amide bonds. The summed E-state index contributed by atoms with van der Waals surface area (Å²) in [6, 6.07) is 7.87. The van der Waals surface area contributed by atoms with Crippen LogP contribution in [0.15, 0.2) is 24.3 Å². The number of hydrogen-bond donors (Lipinski definition) is 2. The van der Waals surface area contributed by atoms with Crippen LogP contribution in [0.5, 0.6) is 0 Å². The van der Waals surface area contributed by atoms with Crippen LogP contribution in [0, 0.1) is 6.92 Å². The topological polar surface area (TPSA) is 58.4 Å². The number of benzene rings is 1. The molecule has 0 spiro atoms. The first-order valence-corrected chi connectivity index (χ1v) is 6.03. The molecular weight excluding hydrogens is 214 g/mol. The van der Waals surface area contributed by atoms with Crippen molar-refractivity contribution in [3.05, 3.63) is 29.8 Å². The van der Waals surface area contributed by atoms with Crippen molar-refractivity contribution in [2.24, 2.45) is 5.73 Å². The van der Waals surface area contributed by atoms with Crippen molar-refractivity contribution in [2.75, 3.05) is 18.4 Å². The van der Waals surface area contributed by atoms with Crippen molar-refractivity contribution >= 4 is 11.7 Å². The number of hydrogen-bond acceptors (Lipinski definition) is 2. The maximum atomic E-state index is 12.0. The molecule has 0 bridgehead atoms. The van der Waals surface area contributed by atoms with Crippen molar-refractivity contribution in [3.8, 4) is 0 Å². The predicted octanol–water partition coefficient (Wildman–Crippen LogP) is 1.95. The lowest BCUT2D eigenvalue weighted by Crippen LogP contribution is -2.47. The fourth-order valence-electron chi connectivity index (χ4n) is 2.12. The highest BCUT2D eigenvalue weighted by molar-refractivity contribution is 5.89. The highest BCUT2D eigenvalue weighted by Gasteiger charge is 2.20. The molecular formula is C13H19N3O. The third-order valence-corrected chi connectivity index (χ3v) is 3.01. The van der Waals surface area contributed by atoms with E-state index in [4.69, 9.17) is 5.73 Å². The zero-order valence-electron chi connectivity index (χ0n) is 10.1. The Morgan fingerprint density at radius 2 is 2.35 bits per heavy atom. The van der Waals surface area contributed by atoms with Gasteiger partial charge < -0.3 is 16.0 Å². The Balaban J connectivity index is 1.96. The number of carbonyl (C=O) groups is 1. The molecule has 1 aromatic carbocycles. The van der Waals surface area contributed by atoms with Crippen LogP contribution in [0.1, 0.15) is 18.4 Å². The average molecular weight is 233 g/mol. The number of urea groups is 1. The van der Waals surface area contributed by atoms with Gasteiger partial charge in [0.25, 0.3) is 0 Å². The molecule has 0 aromatic heterocycles. The second kappa shape index (κ2) is 5.19. The molecule has 1 saturated heterocycles. The molecule has 0 radical (unpaired) electrons. The summed E-state index contributed by atoms with van der Waals surface area (Å²) in [6.07, 6.45) is 2.00. The van der Waals surface area contributed by atoms with Crippen molar-refractivity contribution < 1.29 is 4.79 Å². The van der Waals surface area contributed by atoms with Crippen LogP contribution in [0.2, 0.25) is 0 Å². The number of carbonyl (C=O) groups excluding carboxylic acids is 1. The van der Waals surface area contributed by atoms with Gasteiger partial charge in [-0.1, -0.05) is 12.1 Å². The number of nitrogens with one attached hydrogen (secondary N) is 1. The highest BCUT2D eigenvalue weighted by Crippen LogP contribution is 2.13. The molecule has 0 aliphatic carbocycles. The van der Waals surface area contributed by atoms with E-state index in [9.17, 15) is 4.79 Å². The molecule has 1 fully saturated rings. The summed E-state index contributed by atoms with van der Waals surface area (Å²) in [7, 11) is 0. The minimum absolute atomic E-state index is 0.0502. The number of anilines is 1. The highest BCUT2D eigenvalue weighted by atomic mass is 16.2. The summed E-state index contributed by atoms with van der Waals surface area (Å²) in [4.78, 5) is 13.8. The number of likely N-dealkylation sites (tertiary alicyclic amines) is 1. The molecule has 4 heteroatoms. The largest absolute Gasteiger partial charge is 0.326 e. The number of piperidine rings is 1. The predicted molar refractivity (Wildman–Crippen MR) is 69.0 cm³/mol. The van der Waals surface area contributed by atoms with Gasteiger partial charge in [0.2, 0.25) is 0 Å². The lowest BCUT2D eigenvalue weighted by atomic mass is 10.1.